The van der Waals surface area contributed by atoms with Crippen LogP contribution in [-0.2, 0) is 19.4 Å². The number of rotatable bonds is 4. The number of aliphatic hydroxyl groups is 1. The van der Waals surface area contributed by atoms with Crippen molar-refractivity contribution in [2.45, 2.75) is 17.7 Å². The average molecular weight is 410 g/mol. The van der Waals surface area contributed by atoms with E-state index in [2.05, 4.69) is 9.88 Å². The quantitative estimate of drug-likeness (QED) is 0.757. The molecule has 2 atom stereocenters. The zero-order valence-electron chi connectivity index (χ0n) is 16.1. The number of aromatic nitrogens is 1. The van der Waals surface area contributed by atoms with Gasteiger partial charge in [-0.1, -0.05) is 0 Å². The molecule has 4 rings (SSSR count). The molecule has 0 saturated carbocycles. The smallest absolute Gasteiger partial charge is 0.225 e. The van der Waals surface area contributed by atoms with Gasteiger partial charge in [-0.25, -0.2) is 13.4 Å². The summed E-state index contributed by atoms with van der Waals surface area (Å²) in [5, 5.41) is 10.2. The second kappa shape index (κ2) is 7.27. The van der Waals surface area contributed by atoms with E-state index in [1.54, 1.807) is 12.1 Å². The van der Waals surface area contributed by atoms with E-state index in [1.165, 1.54) is 6.20 Å². The van der Waals surface area contributed by atoms with Crippen molar-refractivity contribution >= 4 is 21.6 Å². The first-order chi connectivity index (χ1) is 13.3. The highest BCUT2D eigenvalue weighted by atomic mass is 32.2. The topological polar surface area (TPSA) is 100 Å². The molecular weight excluding hydrogens is 382 g/mol. The molecule has 8 nitrogen and oxygen atoms in total. The normalized spacial score (nSPS) is 28.6. The summed E-state index contributed by atoms with van der Waals surface area (Å²) >= 11 is 0. The lowest BCUT2D eigenvalue weighted by atomic mass is 9.82. The van der Waals surface area contributed by atoms with Gasteiger partial charge in [-0.3, -0.25) is 4.79 Å². The lowest BCUT2D eigenvalue weighted by Crippen LogP contribution is -2.42. The summed E-state index contributed by atoms with van der Waals surface area (Å²) in [6.45, 7) is 3.81. The molecule has 0 aromatic carbocycles. The number of amides is 1. The van der Waals surface area contributed by atoms with Gasteiger partial charge < -0.3 is 19.6 Å². The van der Waals surface area contributed by atoms with Crippen LogP contribution in [0.5, 0.6) is 0 Å². The van der Waals surface area contributed by atoms with Gasteiger partial charge in [-0.05, 0) is 25.0 Å². The van der Waals surface area contributed by atoms with Crippen LogP contribution in [0.1, 0.15) is 12.8 Å². The standard InChI is InChI=1S/C19H27N3O5S/c1-28(25,26)16-2-3-17(20-8-16)21-9-15-10-22(12-19(15,11-21)13-23)18(24)14-4-6-27-7-5-14/h2-3,8,14-15,23H,4-7,9-13H2,1H3. The van der Waals surface area contributed by atoms with Crippen LogP contribution < -0.4 is 4.90 Å². The third-order valence-electron chi connectivity index (χ3n) is 6.43. The Balaban J connectivity index is 1.46. The van der Waals surface area contributed by atoms with E-state index in [0.717, 1.165) is 19.1 Å². The number of nitrogens with zero attached hydrogens (tertiary/aromatic N) is 3. The summed E-state index contributed by atoms with van der Waals surface area (Å²) in [5.41, 5.74) is -0.349. The zero-order valence-corrected chi connectivity index (χ0v) is 16.9. The van der Waals surface area contributed by atoms with Crippen LogP contribution in [0, 0.1) is 17.3 Å². The van der Waals surface area contributed by atoms with Crippen LogP contribution >= 0.6 is 0 Å². The monoisotopic (exact) mass is 409 g/mol. The number of sulfone groups is 1. The van der Waals surface area contributed by atoms with Crippen molar-refractivity contribution in [2.24, 2.45) is 17.3 Å². The number of hydrogen-bond donors (Lipinski definition) is 1. The van der Waals surface area contributed by atoms with Gasteiger partial charge in [-0.2, -0.15) is 0 Å². The Bertz CT molecular complexity index is 838. The lowest BCUT2D eigenvalue weighted by molar-refractivity contribution is -0.138. The Labute approximate surface area is 165 Å². The fourth-order valence-electron chi connectivity index (χ4n) is 4.73. The van der Waals surface area contributed by atoms with Gasteiger partial charge in [0, 0.05) is 69.1 Å². The van der Waals surface area contributed by atoms with Crippen molar-refractivity contribution in [3.05, 3.63) is 18.3 Å². The lowest BCUT2D eigenvalue weighted by Gasteiger charge is -2.30. The Hall–Kier alpha value is -1.71. The molecule has 0 radical (unpaired) electrons. The molecule has 1 aromatic rings. The van der Waals surface area contributed by atoms with E-state index in [0.29, 0.717) is 45.2 Å². The van der Waals surface area contributed by atoms with E-state index in [-0.39, 0.29) is 34.7 Å². The second-order valence-electron chi connectivity index (χ2n) is 8.33. The molecule has 3 aliphatic heterocycles. The van der Waals surface area contributed by atoms with Gasteiger partial charge in [0.25, 0.3) is 0 Å². The summed E-state index contributed by atoms with van der Waals surface area (Å²) in [7, 11) is -3.28. The number of carbonyl (C=O) groups excluding carboxylic acids is 1. The predicted molar refractivity (Wildman–Crippen MR) is 103 cm³/mol. The first-order valence-electron chi connectivity index (χ1n) is 9.71. The number of fused-ring (bicyclic) bond motifs is 1. The SMILES string of the molecule is CS(=O)(=O)c1ccc(N2CC3CN(C(=O)C4CCOCC4)CC3(CO)C2)nc1. The highest BCUT2D eigenvalue weighted by molar-refractivity contribution is 7.90. The summed E-state index contributed by atoms with van der Waals surface area (Å²) in [6, 6.07) is 3.28. The molecule has 0 spiro atoms. The molecule has 9 heteroatoms. The van der Waals surface area contributed by atoms with Crippen LogP contribution in [0.4, 0.5) is 5.82 Å². The Morgan fingerprint density at radius 2 is 2.04 bits per heavy atom. The van der Waals surface area contributed by atoms with Crippen molar-refractivity contribution in [1.82, 2.24) is 9.88 Å². The van der Waals surface area contributed by atoms with Crippen LogP contribution in [0.2, 0.25) is 0 Å². The van der Waals surface area contributed by atoms with E-state index in [1.807, 2.05) is 4.90 Å². The molecular formula is C19H27N3O5S. The van der Waals surface area contributed by atoms with E-state index >= 15 is 0 Å². The van der Waals surface area contributed by atoms with E-state index < -0.39 is 9.84 Å². The van der Waals surface area contributed by atoms with Gasteiger partial charge in [0.2, 0.25) is 5.91 Å². The van der Waals surface area contributed by atoms with Gasteiger partial charge in [0.05, 0.1) is 11.5 Å². The second-order valence-corrected chi connectivity index (χ2v) is 10.3. The van der Waals surface area contributed by atoms with Crippen LogP contribution in [-0.4, -0.2) is 81.6 Å². The number of aliphatic hydroxyl groups excluding tert-OH is 1. The van der Waals surface area contributed by atoms with Crippen molar-refractivity contribution in [3.8, 4) is 0 Å². The van der Waals surface area contributed by atoms with Crippen LogP contribution in [0.25, 0.3) is 0 Å². The maximum Gasteiger partial charge on any atom is 0.225 e. The third kappa shape index (κ3) is 3.51. The number of pyridine rings is 1. The molecule has 2 unspecified atom stereocenters. The molecule has 1 amide bonds. The average Bonchev–Trinajstić information content (AvgIpc) is 3.22. The molecule has 1 N–H and O–H groups in total. The Morgan fingerprint density at radius 3 is 2.61 bits per heavy atom. The summed E-state index contributed by atoms with van der Waals surface area (Å²) in [4.78, 5) is 21.4. The summed E-state index contributed by atoms with van der Waals surface area (Å²) < 4.78 is 28.6. The first kappa shape index (κ1) is 19.6. The zero-order chi connectivity index (χ0) is 19.9. The van der Waals surface area contributed by atoms with Crippen molar-refractivity contribution in [2.75, 3.05) is 57.2 Å². The fourth-order valence-corrected chi connectivity index (χ4v) is 5.29. The largest absolute Gasteiger partial charge is 0.396 e. The van der Waals surface area contributed by atoms with Crippen molar-refractivity contribution in [3.63, 3.8) is 0 Å². The van der Waals surface area contributed by atoms with Crippen molar-refractivity contribution in [1.29, 1.82) is 0 Å². The number of anilines is 1. The van der Waals surface area contributed by atoms with E-state index in [4.69, 9.17) is 4.74 Å². The minimum atomic E-state index is -3.28. The number of carbonyl (C=O) groups is 1. The first-order valence-corrected chi connectivity index (χ1v) is 11.6. The van der Waals surface area contributed by atoms with Crippen LogP contribution in [0.3, 0.4) is 0 Å². The molecule has 4 heterocycles. The van der Waals surface area contributed by atoms with E-state index in [9.17, 15) is 18.3 Å². The highest BCUT2D eigenvalue weighted by Crippen LogP contribution is 2.44. The Morgan fingerprint density at radius 1 is 1.29 bits per heavy atom. The summed E-state index contributed by atoms with van der Waals surface area (Å²) in [6.07, 6.45) is 4.09. The molecule has 0 bridgehead atoms. The minimum absolute atomic E-state index is 0.0210. The maximum absolute atomic E-state index is 12.9. The fraction of sp³-hybridized carbons (Fsp3) is 0.684. The van der Waals surface area contributed by atoms with Crippen molar-refractivity contribution < 1.29 is 23.1 Å². The highest BCUT2D eigenvalue weighted by Gasteiger charge is 2.54. The molecule has 1 aromatic heterocycles. The minimum Gasteiger partial charge on any atom is -0.396 e. The Kier molecular flexibility index (Phi) is 5.09. The molecule has 0 aliphatic carbocycles. The predicted octanol–water partition coefficient (Wildman–Crippen LogP) is 0.169. The molecule has 3 fully saturated rings. The number of ether oxygens (including phenoxy) is 1. The summed E-state index contributed by atoms with van der Waals surface area (Å²) in [5.74, 6) is 1.10. The molecule has 154 valence electrons. The van der Waals surface area contributed by atoms with Gasteiger partial charge in [0.1, 0.15) is 5.82 Å². The van der Waals surface area contributed by atoms with Gasteiger partial charge >= 0.3 is 0 Å². The third-order valence-corrected chi connectivity index (χ3v) is 7.53. The van der Waals surface area contributed by atoms with Gasteiger partial charge in [-0.15, -0.1) is 0 Å². The number of likely N-dealkylation sites (tertiary alicyclic amines) is 1. The maximum atomic E-state index is 12.9. The molecule has 28 heavy (non-hydrogen) atoms. The van der Waals surface area contributed by atoms with Gasteiger partial charge in [0.15, 0.2) is 9.84 Å². The molecule has 3 saturated heterocycles. The van der Waals surface area contributed by atoms with Crippen LogP contribution in [0.15, 0.2) is 23.2 Å². The molecule has 3 aliphatic rings. The number of hydrogen-bond acceptors (Lipinski definition) is 7.